The maximum atomic E-state index is 13.5. The number of rotatable bonds is 7. The second kappa shape index (κ2) is 9.92. The van der Waals surface area contributed by atoms with Crippen molar-refractivity contribution in [3.05, 3.63) is 93.7 Å². The van der Waals surface area contributed by atoms with E-state index in [1.54, 1.807) is 23.5 Å². The summed E-state index contributed by atoms with van der Waals surface area (Å²) >= 11 is 1.75. The number of benzene rings is 2. The molecule has 6 heteroatoms. The van der Waals surface area contributed by atoms with Crippen LogP contribution in [0, 0.1) is 17.6 Å². The van der Waals surface area contributed by atoms with Crippen molar-refractivity contribution in [2.75, 3.05) is 19.6 Å². The molecule has 0 saturated carbocycles. The third kappa shape index (κ3) is 5.25. The van der Waals surface area contributed by atoms with Crippen molar-refractivity contribution in [3.63, 3.8) is 0 Å². The predicted octanol–water partition coefficient (Wildman–Crippen LogP) is 5.79. The standard InChI is InChI=1S/C26H28F2N2OS/c1-18(2)30(26(31)20-7-11-23(28)12-8-20)15-21-14-29(16-24-4-3-13-32-24)17-25(21)19-5-9-22(27)10-6-19/h3-13,18,21,25H,14-17H2,1-2H3/t21-,25+/m0/s1. The zero-order valence-electron chi connectivity index (χ0n) is 18.4. The normalized spacial score (nSPS) is 18.9. The number of amides is 1. The molecule has 1 aliphatic rings. The number of hydrogen-bond donors (Lipinski definition) is 0. The maximum Gasteiger partial charge on any atom is 0.254 e. The van der Waals surface area contributed by atoms with Crippen LogP contribution in [0.5, 0.6) is 0 Å². The van der Waals surface area contributed by atoms with Crippen LogP contribution < -0.4 is 0 Å². The number of carbonyl (C=O) groups is 1. The fourth-order valence-corrected chi connectivity index (χ4v) is 5.27. The van der Waals surface area contributed by atoms with Gasteiger partial charge in [0.15, 0.2) is 0 Å². The van der Waals surface area contributed by atoms with Gasteiger partial charge in [-0.1, -0.05) is 18.2 Å². The van der Waals surface area contributed by atoms with E-state index in [4.69, 9.17) is 0 Å². The first-order valence-corrected chi connectivity index (χ1v) is 11.9. The highest BCUT2D eigenvalue weighted by Crippen LogP contribution is 2.35. The molecule has 1 aromatic heterocycles. The van der Waals surface area contributed by atoms with Crippen LogP contribution in [0.25, 0.3) is 0 Å². The lowest BCUT2D eigenvalue weighted by Gasteiger charge is -2.32. The summed E-state index contributed by atoms with van der Waals surface area (Å²) in [4.78, 5) is 18.9. The first-order valence-electron chi connectivity index (χ1n) is 11.0. The smallest absolute Gasteiger partial charge is 0.254 e. The molecule has 1 amide bonds. The van der Waals surface area contributed by atoms with Crippen LogP contribution in [0.3, 0.4) is 0 Å². The molecule has 0 radical (unpaired) electrons. The van der Waals surface area contributed by atoms with Crippen LogP contribution in [0.1, 0.15) is 40.6 Å². The molecule has 0 aliphatic carbocycles. The minimum absolute atomic E-state index is 0.00719. The van der Waals surface area contributed by atoms with Gasteiger partial charge in [-0.2, -0.15) is 0 Å². The highest BCUT2D eigenvalue weighted by molar-refractivity contribution is 7.09. The molecule has 3 aromatic rings. The molecular formula is C26H28F2N2OS. The molecule has 4 rings (SSSR count). The zero-order valence-corrected chi connectivity index (χ0v) is 19.2. The van der Waals surface area contributed by atoms with Crippen molar-refractivity contribution >= 4 is 17.2 Å². The maximum absolute atomic E-state index is 13.5. The summed E-state index contributed by atoms with van der Waals surface area (Å²) in [5, 5.41) is 2.09. The van der Waals surface area contributed by atoms with E-state index in [-0.39, 0.29) is 35.4 Å². The Hall–Kier alpha value is -2.57. The van der Waals surface area contributed by atoms with Gasteiger partial charge in [-0.05, 0) is 73.2 Å². The van der Waals surface area contributed by atoms with Crippen molar-refractivity contribution < 1.29 is 13.6 Å². The van der Waals surface area contributed by atoms with E-state index in [1.165, 1.54) is 29.1 Å². The lowest BCUT2D eigenvalue weighted by Crippen LogP contribution is -2.42. The first kappa shape index (κ1) is 22.6. The third-order valence-corrected chi connectivity index (χ3v) is 7.04. The molecule has 2 atom stereocenters. The average Bonchev–Trinajstić information content (AvgIpc) is 3.42. The molecule has 3 nitrogen and oxygen atoms in total. The Labute approximate surface area is 192 Å². The van der Waals surface area contributed by atoms with Gasteiger partial charge < -0.3 is 4.90 Å². The van der Waals surface area contributed by atoms with Crippen molar-refractivity contribution in [1.29, 1.82) is 0 Å². The number of nitrogens with zero attached hydrogens (tertiary/aromatic N) is 2. The number of hydrogen-bond acceptors (Lipinski definition) is 3. The Bertz CT molecular complexity index is 1020. The Balaban J connectivity index is 1.56. The van der Waals surface area contributed by atoms with E-state index < -0.39 is 0 Å². The molecule has 2 heterocycles. The monoisotopic (exact) mass is 454 g/mol. The van der Waals surface area contributed by atoms with E-state index in [1.807, 2.05) is 30.9 Å². The Morgan fingerprint density at radius 2 is 1.69 bits per heavy atom. The van der Waals surface area contributed by atoms with E-state index >= 15 is 0 Å². The van der Waals surface area contributed by atoms with Crippen LogP contribution >= 0.6 is 11.3 Å². The van der Waals surface area contributed by atoms with Crippen LogP contribution in [0.2, 0.25) is 0 Å². The van der Waals surface area contributed by atoms with Crippen molar-refractivity contribution in [2.24, 2.45) is 5.92 Å². The van der Waals surface area contributed by atoms with E-state index in [0.29, 0.717) is 12.1 Å². The predicted molar refractivity (Wildman–Crippen MR) is 125 cm³/mol. The highest BCUT2D eigenvalue weighted by Gasteiger charge is 2.36. The molecule has 1 saturated heterocycles. The van der Waals surface area contributed by atoms with Gasteiger partial charge in [-0.15, -0.1) is 11.3 Å². The molecule has 32 heavy (non-hydrogen) atoms. The molecule has 0 N–H and O–H groups in total. The lowest BCUT2D eigenvalue weighted by atomic mass is 9.88. The minimum atomic E-state index is -0.353. The highest BCUT2D eigenvalue weighted by atomic mass is 32.1. The van der Waals surface area contributed by atoms with E-state index in [2.05, 4.69) is 22.4 Å². The van der Waals surface area contributed by atoms with Crippen LogP contribution in [-0.2, 0) is 6.54 Å². The average molecular weight is 455 g/mol. The van der Waals surface area contributed by atoms with Crippen molar-refractivity contribution in [1.82, 2.24) is 9.80 Å². The molecule has 0 spiro atoms. The topological polar surface area (TPSA) is 23.6 Å². The molecule has 168 valence electrons. The Morgan fingerprint density at radius 1 is 1.03 bits per heavy atom. The summed E-state index contributed by atoms with van der Waals surface area (Å²) in [6.07, 6.45) is 0. The summed E-state index contributed by atoms with van der Waals surface area (Å²) in [6.45, 7) is 7.21. The Morgan fingerprint density at radius 3 is 2.28 bits per heavy atom. The van der Waals surface area contributed by atoms with Gasteiger partial charge in [-0.3, -0.25) is 9.69 Å². The van der Waals surface area contributed by atoms with Gasteiger partial charge in [0.25, 0.3) is 5.91 Å². The third-order valence-electron chi connectivity index (χ3n) is 6.18. The van der Waals surface area contributed by atoms with Crippen molar-refractivity contribution in [3.8, 4) is 0 Å². The first-order chi connectivity index (χ1) is 15.4. The van der Waals surface area contributed by atoms with Gasteiger partial charge in [0.2, 0.25) is 0 Å². The zero-order chi connectivity index (χ0) is 22.7. The lowest BCUT2D eigenvalue weighted by molar-refractivity contribution is 0.0668. The van der Waals surface area contributed by atoms with Crippen LogP contribution in [0.15, 0.2) is 66.0 Å². The second-order valence-corrected chi connectivity index (χ2v) is 9.78. The summed E-state index contributed by atoms with van der Waals surface area (Å²) in [5.41, 5.74) is 1.59. The number of thiophene rings is 1. The van der Waals surface area contributed by atoms with Gasteiger partial charge in [-0.25, -0.2) is 8.78 Å². The molecule has 1 aliphatic heterocycles. The summed E-state index contributed by atoms with van der Waals surface area (Å²) < 4.78 is 26.9. The van der Waals surface area contributed by atoms with Gasteiger partial charge in [0, 0.05) is 48.6 Å². The second-order valence-electron chi connectivity index (χ2n) is 8.75. The van der Waals surface area contributed by atoms with Gasteiger partial charge in [0.05, 0.1) is 0 Å². The van der Waals surface area contributed by atoms with Crippen LogP contribution in [-0.4, -0.2) is 41.4 Å². The summed E-state index contributed by atoms with van der Waals surface area (Å²) in [7, 11) is 0. The molecular weight excluding hydrogens is 426 g/mol. The largest absolute Gasteiger partial charge is 0.336 e. The van der Waals surface area contributed by atoms with Crippen molar-refractivity contribution in [2.45, 2.75) is 32.4 Å². The fourth-order valence-electron chi connectivity index (χ4n) is 4.52. The molecule has 2 aromatic carbocycles. The number of likely N-dealkylation sites (tertiary alicyclic amines) is 1. The summed E-state index contributed by atoms with van der Waals surface area (Å²) in [6, 6.07) is 16.7. The fraction of sp³-hybridized carbons (Fsp3) is 0.346. The molecule has 0 unspecified atom stereocenters. The molecule has 1 fully saturated rings. The number of halogens is 2. The van der Waals surface area contributed by atoms with E-state index in [0.717, 1.165) is 25.2 Å². The van der Waals surface area contributed by atoms with Gasteiger partial charge in [0.1, 0.15) is 11.6 Å². The minimum Gasteiger partial charge on any atom is -0.336 e. The SMILES string of the molecule is CC(C)N(C[C@@H]1CN(Cc2cccs2)C[C@@H]1c1ccc(F)cc1)C(=O)c1ccc(F)cc1. The Kier molecular flexibility index (Phi) is 7.01. The van der Waals surface area contributed by atoms with E-state index in [9.17, 15) is 13.6 Å². The quantitative estimate of drug-likeness (QED) is 0.451. The molecule has 0 bridgehead atoms. The summed E-state index contributed by atoms with van der Waals surface area (Å²) in [5.74, 6) is -0.261. The van der Waals surface area contributed by atoms with Crippen LogP contribution in [0.4, 0.5) is 8.78 Å². The number of carbonyl (C=O) groups excluding carboxylic acids is 1. The van der Waals surface area contributed by atoms with Gasteiger partial charge >= 0.3 is 0 Å².